The number of aromatic nitrogens is 2. The fourth-order valence-electron chi connectivity index (χ4n) is 8.01. The van der Waals surface area contributed by atoms with Crippen molar-refractivity contribution in [2.24, 2.45) is 23.2 Å². The van der Waals surface area contributed by atoms with E-state index in [-0.39, 0.29) is 59.7 Å². The molecule has 3 saturated carbocycles. The van der Waals surface area contributed by atoms with Gasteiger partial charge in [-0.1, -0.05) is 59.8 Å². The number of carbonyl (C=O) groups is 5. The molecule has 0 radical (unpaired) electrons. The van der Waals surface area contributed by atoms with Gasteiger partial charge in [0.15, 0.2) is 0 Å². The van der Waals surface area contributed by atoms with E-state index in [1.54, 1.807) is 4.90 Å². The van der Waals surface area contributed by atoms with E-state index in [1.165, 1.54) is 18.6 Å². The van der Waals surface area contributed by atoms with Gasteiger partial charge in [-0.3, -0.25) is 29.0 Å². The summed E-state index contributed by atoms with van der Waals surface area (Å²) in [6.45, 7) is 8.21. The second-order valence-electron chi connectivity index (χ2n) is 15.6. The zero-order chi connectivity index (χ0) is 34.4. The van der Waals surface area contributed by atoms with Crippen LogP contribution in [0.3, 0.4) is 0 Å². The minimum Gasteiger partial charge on any atom is -0.353 e. The highest BCUT2D eigenvalue weighted by Gasteiger charge is 2.52. The summed E-state index contributed by atoms with van der Waals surface area (Å²) in [5, 5.41) is 12.2. The molecule has 4 aliphatic rings. The quantitative estimate of drug-likeness (QED) is 0.251. The number of nitrogens with one attached hydrogen (secondary N) is 4. The first kappa shape index (κ1) is 35.7. The van der Waals surface area contributed by atoms with Crippen molar-refractivity contribution < 1.29 is 24.0 Å². The van der Waals surface area contributed by atoms with E-state index in [9.17, 15) is 24.0 Å². The molecule has 4 unspecified atom stereocenters. The van der Waals surface area contributed by atoms with Crippen molar-refractivity contribution in [3.63, 3.8) is 0 Å². The van der Waals surface area contributed by atoms with Crippen molar-refractivity contribution in [1.82, 2.24) is 36.1 Å². The fourth-order valence-corrected chi connectivity index (χ4v) is 8.01. The zero-order valence-electron chi connectivity index (χ0n) is 29.1. The number of fused-ring (bicyclic) bond motifs is 1. The maximum absolute atomic E-state index is 14.6. The number of amides is 5. The van der Waals surface area contributed by atoms with Crippen molar-refractivity contribution in [3.05, 3.63) is 24.3 Å². The molecule has 0 spiro atoms. The molecule has 12 nitrogen and oxygen atoms in total. The average molecular weight is 666 g/mol. The summed E-state index contributed by atoms with van der Waals surface area (Å²) in [6, 6.07) is -2.49. The van der Waals surface area contributed by atoms with Crippen molar-refractivity contribution in [2.75, 3.05) is 6.54 Å². The Morgan fingerprint density at radius 3 is 2.31 bits per heavy atom. The molecule has 264 valence electrons. The first-order valence-electron chi connectivity index (χ1n) is 18.2. The molecule has 0 bridgehead atoms. The van der Waals surface area contributed by atoms with E-state index in [1.807, 2.05) is 27.7 Å². The molecule has 3 aliphatic carbocycles. The van der Waals surface area contributed by atoms with Crippen LogP contribution in [0.25, 0.3) is 0 Å². The van der Waals surface area contributed by atoms with Gasteiger partial charge in [0.2, 0.25) is 23.6 Å². The number of rotatable bonds is 13. The highest BCUT2D eigenvalue weighted by Crippen LogP contribution is 2.43. The third-order valence-corrected chi connectivity index (χ3v) is 10.7. The Kier molecular flexibility index (Phi) is 11.7. The molecule has 0 aromatic carbocycles. The van der Waals surface area contributed by atoms with Crippen molar-refractivity contribution in [1.29, 1.82) is 0 Å². The topological polar surface area (TPSA) is 162 Å². The van der Waals surface area contributed by atoms with Gasteiger partial charge in [0, 0.05) is 37.4 Å². The summed E-state index contributed by atoms with van der Waals surface area (Å²) >= 11 is 0. The molecule has 5 amide bonds. The van der Waals surface area contributed by atoms with Crippen molar-refractivity contribution >= 4 is 29.5 Å². The average Bonchev–Trinajstić information content (AvgIpc) is 3.62. The van der Waals surface area contributed by atoms with E-state index in [2.05, 4.69) is 31.2 Å². The van der Waals surface area contributed by atoms with Gasteiger partial charge >= 0.3 is 0 Å². The minimum atomic E-state index is -0.922. The standard InChI is InChI=1S/C36H55N7O5/c1-5-10-25(19-28(44)39-24-15-16-24)40-34(47)30-26-14-9-13-23(26)21-43(30)35(48)31(36(2,3)4)42-33(46)29(22-11-7-6-8-12-22)41-32(45)27-20-37-17-18-38-27/h17-18,20,22-26,29-31H,5-16,19,21H2,1-4H3,(H,39,44)(H,40,47)(H,41,45)(H,42,46)/t23?,25?,26?,29-,30-,31?/m0/s1. The second kappa shape index (κ2) is 15.8. The van der Waals surface area contributed by atoms with Crippen LogP contribution in [0.2, 0.25) is 0 Å². The van der Waals surface area contributed by atoms with Crippen LogP contribution < -0.4 is 21.3 Å². The van der Waals surface area contributed by atoms with Crippen molar-refractivity contribution in [2.45, 2.75) is 141 Å². The van der Waals surface area contributed by atoms with Gasteiger partial charge in [0.05, 0.1) is 6.20 Å². The first-order chi connectivity index (χ1) is 23.0. The molecule has 6 atom stereocenters. The van der Waals surface area contributed by atoms with Gasteiger partial charge in [-0.05, 0) is 68.1 Å². The predicted molar refractivity (Wildman–Crippen MR) is 180 cm³/mol. The monoisotopic (exact) mass is 665 g/mol. The summed E-state index contributed by atoms with van der Waals surface area (Å²) in [6.07, 6.45) is 15.4. The Bertz CT molecular complexity index is 1310. The molecule has 2 heterocycles. The highest BCUT2D eigenvalue weighted by atomic mass is 16.2. The Morgan fingerprint density at radius 1 is 0.917 bits per heavy atom. The molecule has 4 fully saturated rings. The molecular weight excluding hydrogens is 610 g/mol. The SMILES string of the molecule is CCCC(CC(=O)NC1CC1)NC(=O)[C@@H]1C2CCCC2CN1C(=O)C(NC(=O)[C@@H](NC(=O)c1cnccn1)C1CCCCC1)C(C)(C)C. The molecular formula is C36H55N7O5. The molecule has 1 aromatic heterocycles. The van der Waals surface area contributed by atoms with E-state index in [0.29, 0.717) is 13.0 Å². The maximum Gasteiger partial charge on any atom is 0.272 e. The van der Waals surface area contributed by atoms with Crippen LogP contribution in [-0.4, -0.2) is 81.2 Å². The maximum atomic E-state index is 14.6. The van der Waals surface area contributed by atoms with E-state index < -0.39 is 35.4 Å². The molecule has 1 saturated heterocycles. The first-order valence-corrected chi connectivity index (χ1v) is 18.2. The Labute approximate surface area is 284 Å². The highest BCUT2D eigenvalue weighted by molar-refractivity contribution is 5.98. The summed E-state index contributed by atoms with van der Waals surface area (Å²) < 4.78 is 0. The number of nitrogens with zero attached hydrogens (tertiary/aromatic N) is 3. The van der Waals surface area contributed by atoms with E-state index in [0.717, 1.165) is 70.6 Å². The largest absolute Gasteiger partial charge is 0.353 e. The summed E-state index contributed by atoms with van der Waals surface area (Å²) in [5.74, 6) is -1.27. The normalized spacial score (nSPS) is 24.6. The molecule has 1 aromatic rings. The van der Waals surface area contributed by atoms with Crippen LogP contribution in [0.1, 0.15) is 122 Å². The zero-order valence-corrected chi connectivity index (χ0v) is 29.1. The van der Waals surface area contributed by atoms with Crippen LogP contribution >= 0.6 is 0 Å². The molecule has 12 heteroatoms. The second-order valence-corrected chi connectivity index (χ2v) is 15.6. The van der Waals surface area contributed by atoms with Crippen LogP contribution in [0.4, 0.5) is 0 Å². The van der Waals surface area contributed by atoms with Crippen LogP contribution in [0.15, 0.2) is 18.6 Å². The Morgan fingerprint density at radius 2 is 1.67 bits per heavy atom. The van der Waals surface area contributed by atoms with Gasteiger partial charge in [-0.2, -0.15) is 0 Å². The lowest BCUT2D eigenvalue weighted by Gasteiger charge is -2.38. The lowest BCUT2D eigenvalue weighted by Crippen LogP contribution is -2.62. The van der Waals surface area contributed by atoms with Gasteiger partial charge in [-0.25, -0.2) is 4.98 Å². The summed E-state index contributed by atoms with van der Waals surface area (Å²) in [4.78, 5) is 78.5. The van der Waals surface area contributed by atoms with Gasteiger partial charge in [0.1, 0.15) is 23.8 Å². The third-order valence-electron chi connectivity index (χ3n) is 10.7. The summed E-state index contributed by atoms with van der Waals surface area (Å²) in [5.41, 5.74) is -0.554. The lowest BCUT2D eigenvalue weighted by atomic mass is 9.82. The van der Waals surface area contributed by atoms with E-state index >= 15 is 0 Å². The van der Waals surface area contributed by atoms with Crippen LogP contribution in [0.5, 0.6) is 0 Å². The Hall–Kier alpha value is -3.57. The van der Waals surface area contributed by atoms with Gasteiger partial charge < -0.3 is 26.2 Å². The molecule has 4 N–H and O–H groups in total. The lowest BCUT2D eigenvalue weighted by molar-refractivity contribution is -0.145. The summed E-state index contributed by atoms with van der Waals surface area (Å²) in [7, 11) is 0. The number of likely N-dealkylation sites (tertiary alicyclic amines) is 1. The third kappa shape index (κ3) is 8.91. The van der Waals surface area contributed by atoms with Crippen LogP contribution in [-0.2, 0) is 19.2 Å². The predicted octanol–water partition coefficient (Wildman–Crippen LogP) is 3.27. The number of hydrogen-bond donors (Lipinski definition) is 4. The van der Waals surface area contributed by atoms with Crippen molar-refractivity contribution in [3.8, 4) is 0 Å². The smallest absolute Gasteiger partial charge is 0.272 e. The number of carbonyl (C=O) groups excluding carboxylic acids is 5. The fraction of sp³-hybridized carbons (Fsp3) is 0.750. The van der Waals surface area contributed by atoms with E-state index in [4.69, 9.17) is 0 Å². The molecule has 5 rings (SSSR count). The molecule has 1 aliphatic heterocycles. The molecule has 48 heavy (non-hydrogen) atoms. The number of hydrogen-bond acceptors (Lipinski definition) is 7. The minimum absolute atomic E-state index is 0.0362. The Balaban J connectivity index is 1.34. The van der Waals surface area contributed by atoms with Gasteiger partial charge in [-0.15, -0.1) is 0 Å². The van der Waals surface area contributed by atoms with Gasteiger partial charge in [0.25, 0.3) is 5.91 Å². The van der Waals surface area contributed by atoms with Crippen LogP contribution in [0, 0.1) is 23.2 Å².